The maximum atomic E-state index is 5.88. The van der Waals surface area contributed by atoms with Crippen molar-refractivity contribution in [2.75, 3.05) is 32.7 Å². The summed E-state index contributed by atoms with van der Waals surface area (Å²) in [4.78, 5) is 2.54. The molecule has 2 aliphatic rings. The van der Waals surface area contributed by atoms with E-state index in [1.54, 1.807) is 0 Å². The van der Waals surface area contributed by atoms with Crippen LogP contribution in [0, 0.1) is 0 Å². The Morgan fingerprint density at radius 3 is 2.47 bits per heavy atom. The molecule has 0 atom stereocenters. The van der Waals surface area contributed by atoms with Gasteiger partial charge in [0.15, 0.2) is 0 Å². The maximum Gasteiger partial charge on any atom is 0.119 e. The van der Waals surface area contributed by atoms with Crippen LogP contribution in [0.5, 0.6) is 5.75 Å². The van der Waals surface area contributed by atoms with Gasteiger partial charge < -0.3 is 15.0 Å². The first-order valence-electron chi connectivity index (χ1n) is 7.59. The molecule has 1 heterocycles. The molecule has 104 valence electrons. The summed E-state index contributed by atoms with van der Waals surface area (Å²) in [6, 6.07) is 8.70. The molecule has 0 unspecified atom stereocenters. The molecular formula is C16H24N2O. The zero-order valence-electron chi connectivity index (χ0n) is 11.6. The highest BCUT2D eigenvalue weighted by Gasteiger charge is 2.18. The molecule has 3 heteroatoms. The summed E-state index contributed by atoms with van der Waals surface area (Å²) in [5.74, 6) is 1.04. The summed E-state index contributed by atoms with van der Waals surface area (Å²) in [6.07, 6.45) is 5.40. The number of hydrogen-bond acceptors (Lipinski definition) is 3. The predicted molar refractivity (Wildman–Crippen MR) is 77.7 cm³/mol. The summed E-state index contributed by atoms with van der Waals surface area (Å²) in [6.45, 7) is 5.80. The molecule has 1 N–H and O–H groups in total. The van der Waals surface area contributed by atoms with E-state index < -0.39 is 0 Å². The SMILES string of the molecule is c1cc(OC2CCC2)ccc1CCN1CCNCC1. The Bertz CT molecular complexity index is 380. The van der Waals surface area contributed by atoms with Crippen molar-refractivity contribution in [1.82, 2.24) is 10.2 Å². The Labute approximate surface area is 115 Å². The van der Waals surface area contributed by atoms with E-state index in [1.807, 2.05) is 0 Å². The number of ether oxygens (including phenoxy) is 1. The van der Waals surface area contributed by atoms with Crippen molar-refractivity contribution in [3.05, 3.63) is 29.8 Å². The lowest BCUT2D eigenvalue weighted by Gasteiger charge is -2.27. The van der Waals surface area contributed by atoms with Gasteiger partial charge in [0.2, 0.25) is 0 Å². The molecule has 0 spiro atoms. The molecule has 1 saturated carbocycles. The fraction of sp³-hybridized carbons (Fsp3) is 0.625. The number of nitrogens with one attached hydrogen (secondary N) is 1. The minimum Gasteiger partial charge on any atom is -0.490 e. The van der Waals surface area contributed by atoms with Gasteiger partial charge >= 0.3 is 0 Å². The lowest BCUT2D eigenvalue weighted by atomic mass is 9.96. The van der Waals surface area contributed by atoms with Crippen LogP contribution in [-0.2, 0) is 6.42 Å². The largest absolute Gasteiger partial charge is 0.490 e. The van der Waals surface area contributed by atoms with Gasteiger partial charge in [-0.05, 0) is 43.4 Å². The van der Waals surface area contributed by atoms with Gasteiger partial charge in [-0.15, -0.1) is 0 Å². The van der Waals surface area contributed by atoms with Crippen LogP contribution >= 0.6 is 0 Å². The van der Waals surface area contributed by atoms with Gasteiger partial charge in [0, 0.05) is 32.7 Å². The second-order valence-electron chi connectivity index (χ2n) is 5.66. The highest BCUT2D eigenvalue weighted by atomic mass is 16.5. The Balaban J connectivity index is 1.45. The molecule has 0 aromatic heterocycles. The highest BCUT2D eigenvalue weighted by molar-refractivity contribution is 5.27. The van der Waals surface area contributed by atoms with Gasteiger partial charge in [-0.1, -0.05) is 12.1 Å². The van der Waals surface area contributed by atoms with Gasteiger partial charge in [0.25, 0.3) is 0 Å². The third-order valence-corrected chi connectivity index (χ3v) is 4.20. The van der Waals surface area contributed by atoms with E-state index in [2.05, 4.69) is 34.5 Å². The predicted octanol–water partition coefficient (Wildman–Crippen LogP) is 2.07. The minimum absolute atomic E-state index is 0.478. The minimum atomic E-state index is 0.478. The van der Waals surface area contributed by atoms with Crippen LogP contribution in [0.3, 0.4) is 0 Å². The summed E-state index contributed by atoms with van der Waals surface area (Å²) in [7, 11) is 0. The molecule has 0 radical (unpaired) electrons. The first kappa shape index (κ1) is 12.9. The standard InChI is InChI=1S/C16H24N2O/c1-2-15(3-1)19-16-6-4-14(5-7-16)8-11-18-12-9-17-10-13-18/h4-7,15,17H,1-3,8-13H2. The second kappa shape index (κ2) is 6.40. The van der Waals surface area contributed by atoms with E-state index in [0.29, 0.717) is 6.10 Å². The van der Waals surface area contributed by atoms with E-state index in [9.17, 15) is 0 Å². The zero-order valence-corrected chi connectivity index (χ0v) is 11.6. The molecule has 1 aromatic carbocycles. The second-order valence-corrected chi connectivity index (χ2v) is 5.66. The molecule has 1 aliphatic carbocycles. The van der Waals surface area contributed by atoms with Crippen LogP contribution in [-0.4, -0.2) is 43.7 Å². The van der Waals surface area contributed by atoms with Crippen LogP contribution < -0.4 is 10.1 Å². The number of hydrogen-bond donors (Lipinski definition) is 1. The Morgan fingerprint density at radius 2 is 1.84 bits per heavy atom. The van der Waals surface area contributed by atoms with Gasteiger partial charge in [0.05, 0.1) is 6.10 Å². The lowest BCUT2D eigenvalue weighted by molar-refractivity contribution is 0.120. The fourth-order valence-electron chi connectivity index (χ4n) is 2.64. The molecular weight excluding hydrogens is 236 g/mol. The van der Waals surface area contributed by atoms with Crippen molar-refractivity contribution in [3.8, 4) is 5.75 Å². The molecule has 1 aliphatic heterocycles. The number of nitrogens with zero attached hydrogens (tertiary/aromatic N) is 1. The molecule has 0 amide bonds. The zero-order chi connectivity index (χ0) is 12.9. The van der Waals surface area contributed by atoms with E-state index in [1.165, 1.54) is 44.5 Å². The normalized spacial score (nSPS) is 21.1. The summed E-state index contributed by atoms with van der Waals surface area (Å²) in [5.41, 5.74) is 1.42. The van der Waals surface area contributed by atoms with Gasteiger partial charge in [-0.25, -0.2) is 0 Å². The van der Waals surface area contributed by atoms with Gasteiger partial charge in [0.1, 0.15) is 5.75 Å². The lowest BCUT2D eigenvalue weighted by Crippen LogP contribution is -2.44. The molecule has 2 fully saturated rings. The Hall–Kier alpha value is -1.06. The molecule has 19 heavy (non-hydrogen) atoms. The van der Waals surface area contributed by atoms with E-state index in [-0.39, 0.29) is 0 Å². The average molecular weight is 260 g/mol. The third-order valence-electron chi connectivity index (χ3n) is 4.20. The van der Waals surface area contributed by atoms with Crippen LogP contribution in [0.1, 0.15) is 24.8 Å². The van der Waals surface area contributed by atoms with Gasteiger partial charge in [-0.2, -0.15) is 0 Å². The summed E-state index contributed by atoms with van der Waals surface area (Å²) >= 11 is 0. The topological polar surface area (TPSA) is 24.5 Å². The fourth-order valence-corrected chi connectivity index (χ4v) is 2.64. The molecule has 1 saturated heterocycles. The smallest absolute Gasteiger partial charge is 0.119 e. The van der Waals surface area contributed by atoms with Crippen molar-refractivity contribution < 1.29 is 4.74 Å². The summed E-state index contributed by atoms with van der Waals surface area (Å²) < 4.78 is 5.88. The first-order chi connectivity index (χ1) is 9.40. The van der Waals surface area contributed by atoms with Crippen molar-refractivity contribution >= 4 is 0 Å². The molecule has 1 aromatic rings. The Kier molecular flexibility index (Phi) is 4.36. The van der Waals surface area contributed by atoms with E-state index >= 15 is 0 Å². The maximum absolute atomic E-state index is 5.88. The van der Waals surface area contributed by atoms with E-state index in [0.717, 1.165) is 25.3 Å². The third kappa shape index (κ3) is 3.71. The van der Waals surface area contributed by atoms with E-state index in [4.69, 9.17) is 4.74 Å². The van der Waals surface area contributed by atoms with Gasteiger partial charge in [-0.3, -0.25) is 0 Å². The average Bonchev–Trinajstić information content (AvgIpc) is 2.43. The van der Waals surface area contributed by atoms with Crippen LogP contribution in [0.15, 0.2) is 24.3 Å². The van der Waals surface area contributed by atoms with Crippen molar-refractivity contribution in [1.29, 1.82) is 0 Å². The quantitative estimate of drug-likeness (QED) is 0.877. The highest BCUT2D eigenvalue weighted by Crippen LogP contribution is 2.25. The monoisotopic (exact) mass is 260 g/mol. The van der Waals surface area contributed by atoms with Crippen LogP contribution in [0.4, 0.5) is 0 Å². The first-order valence-corrected chi connectivity index (χ1v) is 7.59. The number of piperazine rings is 1. The van der Waals surface area contributed by atoms with Crippen LogP contribution in [0.25, 0.3) is 0 Å². The molecule has 0 bridgehead atoms. The number of benzene rings is 1. The molecule has 3 nitrogen and oxygen atoms in total. The van der Waals surface area contributed by atoms with Crippen LogP contribution in [0.2, 0.25) is 0 Å². The van der Waals surface area contributed by atoms with Crippen molar-refractivity contribution in [3.63, 3.8) is 0 Å². The molecule has 3 rings (SSSR count). The Morgan fingerprint density at radius 1 is 1.11 bits per heavy atom. The van der Waals surface area contributed by atoms with Crippen molar-refractivity contribution in [2.45, 2.75) is 31.8 Å². The summed E-state index contributed by atoms with van der Waals surface area (Å²) in [5, 5.41) is 3.39. The number of rotatable bonds is 5. The van der Waals surface area contributed by atoms with Crippen molar-refractivity contribution in [2.24, 2.45) is 0 Å².